The Hall–Kier alpha value is -3.32. The van der Waals surface area contributed by atoms with Gasteiger partial charge in [-0.05, 0) is 43.0 Å². The van der Waals surface area contributed by atoms with Gasteiger partial charge in [0.15, 0.2) is 0 Å². The Kier molecular flexibility index (Phi) is 5.25. The summed E-state index contributed by atoms with van der Waals surface area (Å²) in [4.78, 5) is 25.6. The number of para-hydroxylation sites is 1. The Morgan fingerprint density at radius 1 is 1.00 bits per heavy atom. The van der Waals surface area contributed by atoms with Gasteiger partial charge in [-0.1, -0.05) is 24.3 Å². The van der Waals surface area contributed by atoms with Crippen molar-refractivity contribution in [3.63, 3.8) is 0 Å². The van der Waals surface area contributed by atoms with Crippen LogP contribution in [0.5, 0.6) is 0 Å². The highest BCUT2D eigenvalue weighted by molar-refractivity contribution is 5.94. The maximum absolute atomic E-state index is 12.7. The van der Waals surface area contributed by atoms with Crippen LogP contribution in [0, 0.1) is 5.92 Å². The molecule has 0 bridgehead atoms. The number of anilines is 2. The van der Waals surface area contributed by atoms with Crippen molar-refractivity contribution in [2.75, 3.05) is 5.32 Å². The number of nitrogens with one attached hydrogen (secondary N) is 2. The number of carbonyl (C=O) groups is 1. The molecule has 2 heterocycles. The van der Waals surface area contributed by atoms with Crippen molar-refractivity contribution >= 4 is 17.5 Å². The summed E-state index contributed by atoms with van der Waals surface area (Å²) < 4.78 is 0. The molecule has 0 spiro atoms. The van der Waals surface area contributed by atoms with Gasteiger partial charge in [-0.15, -0.1) is 0 Å². The number of aliphatic hydroxyl groups is 1. The fraction of sp³-hybridized carbons (Fsp3) is 0.238. The molecule has 0 radical (unpaired) electrons. The smallest absolute Gasteiger partial charge is 0.254 e. The van der Waals surface area contributed by atoms with Crippen LogP contribution in [0.25, 0.3) is 0 Å². The van der Waals surface area contributed by atoms with Gasteiger partial charge in [-0.2, -0.15) is 0 Å². The van der Waals surface area contributed by atoms with E-state index in [2.05, 4.69) is 25.6 Å². The molecule has 2 aromatic heterocycles. The van der Waals surface area contributed by atoms with Crippen LogP contribution in [-0.2, 0) is 0 Å². The molecule has 28 heavy (non-hydrogen) atoms. The summed E-state index contributed by atoms with van der Waals surface area (Å²) in [6.07, 6.45) is 5.70. The molecule has 1 saturated carbocycles. The second-order valence-corrected chi connectivity index (χ2v) is 6.88. The number of amides is 1. The lowest BCUT2D eigenvalue weighted by Crippen LogP contribution is -2.41. The van der Waals surface area contributed by atoms with Crippen molar-refractivity contribution in [1.29, 1.82) is 0 Å². The summed E-state index contributed by atoms with van der Waals surface area (Å²) in [7, 11) is 0. The molecule has 3 N–H and O–H groups in total. The predicted octanol–water partition coefficient (Wildman–Crippen LogP) is 2.86. The second kappa shape index (κ2) is 8.14. The number of benzene rings is 1. The Labute approximate surface area is 162 Å². The van der Waals surface area contributed by atoms with Crippen molar-refractivity contribution in [2.45, 2.75) is 25.0 Å². The van der Waals surface area contributed by atoms with Gasteiger partial charge in [-0.3, -0.25) is 9.78 Å². The van der Waals surface area contributed by atoms with E-state index in [-0.39, 0.29) is 24.0 Å². The number of pyridine rings is 1. The maximum atomic E-state index is 12.7. The van der Waals surface area contributed by atoms with Gasteiger partial charge in [0.2, 0.25) is 5.95 Å². The normalized spacial score (nSPS) is 19.3. The largest absolute Gasteiger partial charge is 0.393 e. The molecular formula is C21H21N5O2. The number of aromatic nitrogens is 3. The minimum absolute atomic E-state index is 0.161. The predicted molar refractivity (Wildman–Crippen MR) is 105 cm³/mol. The summed E-state index contributed by atoms with van der Waals surface area (Å²) in [6, 6.07) is 15.0. The van der Waals surface area contributed by atoms with E-state index in [1.165, 1.54) is 12.4 Å². The van der Waals surface area contributed by atoms with Gasteiger partial charge in [0.1, 0.15) is 0 Å². The Morgan fingerprint density at radius 2 is 1.71 bits per heavy atom. The molecule has 1 amide bonds. The molecule has 142 valence electrons. The molecule has 0 saturated heterocycles. The van der Waals surface area contributed by atoms with Crippen LogP contribution in [-0.4, -0.2) is 32.1 Å². The first-order valence-corrected chi connectivity index (χ1v) is 9.23. The number of rotatable bonds is 6. The highest BCUT2D eigenvalue weighted by Crippen LogP contribution is 2.37. The first-order valence-electron chi connectivity index (χ1n) is 9.23. The second-order valence-electron chi connectivity index (χ2n) is 6.88. The topological polar surface area (TPSA) is 100 Å². The fourth-order valence-electron chi connectivity index (χ4n) is 3.28. The lowest BCUT2D eigenvalue weighted by molar-refractivity contribution is 0.0228. The first kappa shape index (κ1) is 18.1. The summed E-state index contributed by atoms with van der Waals surface area (Å²) in [5.41, 5.74) is 2.04. The third kappa shape index (κ3) is 4.15. The molecule has 4 rings (SSSR count). The molecular weight excluding hydrogens is 354 g/mol. The van der Waals surface area contributed by atoms with Gasteiger partial charge in [-0.25, -0.2) is 9.97 Å². The van der Waals surface area contributed by atoms with Crippen molar-refractivity contribution in [3.8, 4) is 0 Å². The maximum Gasteiger partial charge on any atom is 0.254 e. The zero-order valence-corrected chi connectivity index (χ0v) is 15.2. The average Bonchev–Trinajstić information content (AvgIpc) is 2.72. The average molecular weight is 375 g/mol. The minimum atomic E-state index is -0.306. The minimum Gasteiger partial charge on any atom is -0.393 e. The summed E-state index contributed by atoms with van der Waals surface area (Å²) >= 11 is 0. The van der Waals surface area contributed by atoms with Crippen molar-refractivity contribution in [3.05, 3.63) is 78.4 Å². The highest BCUT2D eigenvalue weighted by Gasteiger charge is 2.36. The van der Waals surface area contributed by atoms with Crippen LogP contribution in [0.2, 0.25) is 0 Å². The summed E-state index contributed by atoms with van der Waals surface area (Å²) in [5.74, 6) is 0.322. The van der Waals surface area contributed by atoms with E-state index in [4.69, 9.17) is 0 Å². The third-order valence-corrected chi connectivity index (χ3v) is 4.86. The standard InChI is InChI=1S/C21H21N5O2/c27-17-10-14(11-17)19(18-8-4-5-9-22-18)26-20(28)15-12-23-21(24-13-15)25-16-6-2-1-3-7-16/h1-9,12-14,17,19,27H,10-11H2,(H,26,28)(H,23,24,25)/t14?,17?,19-/m1/s1. The molecule has 7 nitrogen and oxygen atoms in total. The lowest BCUT2D eigenvalue weighted by atomic mass is 9.76. The Balaban J connectivity index is 1.45. The quantitative estimate of drug-likeness (QED) is 0.613. The van der Waals surface area contributed by atoms with Crippen LogP contribution in [0.1, 0.15) is 34.9 Å². The number of nitrogens with zero attached hydrogens (tertiary/aromatic N) is 3. The first-order chi connectivity index (χ1) is 13.7. The lowest BCUT2D eigenvalue weighted by Gasteiger charge is -2.37. The van der Waals surface area contributed by atoms with E-state index in [1.807, 2.05) is 48.5 Å². The molecule has 0 aliphatic heterocycles. The Bertz CT molecular complexity index is 913. The molecule has 1 fully saturated rings. The third-order valence-electron chi connectivity index (χ3n) is 4.86. The van der Waals surface area contributed by atoms with E-state index in [0.29, 0.717) is 24.4 Å². The number of hydrogen-bond acceptors (Lipinski definition) is 6. The van der Waals surface area contributed by atoms with Crippen LogP contribution in [0.4, 0.5) is 11.6 Å². The summed E-state index contributed by atoms with van der Waals surface area (Å²) in [6.45, 7) is 0. The monoisotopic (exact) mass is 375 g/mol. The van der Waals surface area contributed by atoms with E-state index >= 15 is 0 Å². The zero-order chi connectivity index (χ0) is 19.3. The van der Waals surface area contributed by atoms with E-state index in [9.17, 15) is 9.90 Å². The molecule has 1 aromatic carbocycles. The number of hydrogen-bond donors (Lipinski definition) is 3. The van der Waals surface area contributed by atoms with Crippen molar-refractivity contribution in [2.24, 2.45) is 5.92 Å². The number of aliphatic hydroxyl groups excluding tert-OH is 1. The Morgan fingerprint density at radius 3 is 2.36 bits per heavy atom. The highest BCUT2D eigenvalue weighted by atomic mass is 16.3. The van der Waals surface area contributed by atoms with Crippen LogP contribution in [0.3, 0.4) is 0 Å². The molecule has 1 aliphatic rings. The van der Waals surface area contributed by atoms with Crippen molar-refractivity contribution in [1.82, 2.24) is 20.3 Å². The van der Waals surface area contributed by atoms with E-state index < -0.39 is 0 Å². The molecule has 3 aromatic rings. The van der Waals surface area contributed by atoms with Gasteiger partial charge >= 0.3 is 0 Å². The fourth-order valence-corrected chi connectivity index (χ4v) is 3.28. The van der Waals surface area contributed by atoms with E-state index in [1.54, 1.807) is 6.20 Å². The zero-order valence-electron chi connectivity index (χ0n) is 15.2. The van der Waals surface area contributed by atoms with Crippen molar-refractivity contribution < 1.29 is 9.90 Å². The summed E-state index contributed by atoms with van der Waals surface area (Å²) in [5, 5.41) is 15.8. The van der Waals surface area contributed by atoms with Crippen LogP contribution < -0.4 is 10.6 Å². The van der Waals surface area contributed by atoms with Gasteiger partial charge in [0.25, 0.3) is 5.91 Å². The van der Waals surface area contributed by atoms with Gasteiger partial charge in [0, 0.05) is 24.3 Å². The van der Waals surface area contributed by atoms with Crippen LogP contribution >= 0.6 is 0 Å². The van der Waals surface area contributed by atoms with Gasteiger partial charge < -0.3 is 15.7 Å². The van der Waals surface area contributed by atoms with Gasteiger partial charge in [0.05, 0.1) is 23.4 Å². The molecule has 7 heteroatoms. The molecule has 1 atom stereocenters. The van der Waals surface area contributed by atoms with E-state index in [0.717, 1.165) is 11.4 Å². The molecule has 1 aliphatic carbocycles. The molecule has 0 unspecified atom stereocenters. The SMILES string of the molecule is O=C(N[C@@H](c1ccccn1)C1CC(O)C1)c1cnc(Nc2ccccc2)nc1. The number of carbonyl (C=O) groups excluding carboxylic acids is 1. The van der Waals surface area contributed by atoms with Crippen LogP contribution in [0.15, 0.2) is 67.1 Å².